The number of carbonyl (C=O) groups is 2. The molecule has 1 fully saturated rings. The highest BCUT2D eigenvalue weighted by molar-refractivity contribution is 5.87. The van der Waals surface area contributed by atoms with Crippen molar-refractivity contribution in [2.45, 2.75) is 39.0 Å². The molecule has 23 heavy (non-hydrogen) atoms. The van der Waals surface area contributed by atoms with Crippen molar-refractivity contribution >= 4 is 18.0 Å². The molecule has 1 amide bonds. The Labute approximate surface area is 136 Å². The Morgan fingerprint density at radius 3 is 2.61 bits per heavy atom. The minimum absolute atomic E-state index is 0.0663. The monoisotopic (exact) mass is 317 g/mol. The first-order valence-corrected chi connectivity index (χ1v) is 7.70. The number of hydrogen-bond donors (Lipinski definition) is 0. The molecule has 5 nitrogen and oxygen atoms in total. The fourth-order valence-corrected chi connectivity index (χ4v) is 2.19. The minimum Gasteiger partial charge on any atom is -0.459 e. The van der Waals surface area contributed by atoms with Crippen LogP contribution in [0.4, 0.5) is 0 Å². The van der Waals surface area contributed by atoms with Crippen molar-refractivity contribution < 1.29 is 19.1 Å². The van der Waals surface area contributed by atoms with E-state index >= 15 is 0 Å². The molecule has 0 saturated carbocycles. The number of nitrogens with zero attached hydrogens (tertiary/aromatic N) is 1. The van der Waals surface area contributed by atoms with Gasteiger partial charge in [0.15, 0.2) is 0 Å². The van der Waals surface area contributed by atoms with Crippen molar-refractivity contribution in [2.75, 3.05) is 13.2 Å². The summed E-state index contributed by atoms with van der Waals surface area (Å²) >= 11 is 0. The molecule has 5 heteroatoms. The van der Waals surface area contributed by atoms with Crippen LogP contribution < -0.4 is 0 Å². The Morgan fingerprint density at radius 2 is 2.00 bits per heavy atom. The third-order valence-electron chi connectivity index (χ3n) is 3.23. The Balaban J connectivity index is 1.76. The fraction of sp³-hybridized carbons (Fsp3) is 0.444. The number of hydrogen-bond acceptors (Lipinski definition) is 4. The number of carbonyl (C=O) groups excluding carboxylic acids is 2. The third kappa shape index (κ3) is 5.53. The highest BCUT2D eigenvalue weighted by Gasteiger charge is 2.38. The van der Waals surface area contributed by atoms with Gasteiger partial charge in [-0.15, -0.1) is 0 Å². The molecule has 0 bridgehead atoms. The number of amides is 1. The van der Waals surface area contributed by atoms with Gasteiger partial charge >= 0.3 is 5.97 Å². The minimum atomic E-state index is -0.556. The van der Waals surface area contributed by atoms with E-state index in [1.807, 2.05) is 42.5 Å². The topological polar surface area (TPSA) is 55.8 Å². The van der Waals surface area contributed by atoms with Crippen molar-refractivity contribution in [2.24, 2.45) is 0 Å². The van der Waals surface area contributed by atoms with Gasteiger partial charge in [0.05, 0.1) is 13.0 Å². The van der Waals surface area contributed by atoms with Crippen LogP contribution in [0.25, 0.3) is 6.08 Å². The molecule has 1 aromatic carbocycles. The largest absolute Gasteiger partial charge is 0.459 e. The molecule has 0 aliphatic carbocycles. The average Bonchev–Trinajstić information content (AvgIpc) is 2.47. The van der Waals surface area contributed by atoms with Crippen molar-refractivity contribution in [1.29, 1.82) is 0 Å². The maximum Gasteiger partial charge on any atom is 0.326 e. The van der Waals surface area contributed by atoms with Gasteiger partial charge in [0.2, 0.25) is 5.91 Å². The van der Waals surface area contributed by atoms with Crippen LogP contribution >= 0.6 is 0 Å². The summed E-state index contributed by atoms with van der Waals surface area (Å²) in [7, 11) is 0. The molecule has 1 aliphatic heterocycles. The molecule has 0 radical (unpaired) electrons. The standard InChI is InChI=1S/C18H23NO4/c1-18(2,3)23-17(21)13-19-15(20)12-16(19)22-11-7-10-14-8-5-4-6-9-14/h4-10,16H,11-13H2,1-3H3/b10-7+. The predicted molar refractivity (Wildman–Crippen MR) is 87.4 cm³/mol. The Kier molecular flexibility index (Phi) is 5.55. The van der Waals surface area contributed by atoms with Crippen molar-refractivity contribution in [3.05, 3.63) is 42.0 Å². The summed E-state index contributed by atoms with van der Waals surface area (Å²) in [4.78, 5) is 24.8. The molecule has 2 rings (SSSR count). The number of benzene rings is 1. The van der Waals surface area contributed by atoms with E-state index in [0.717, 1.165) is 5.56 Å². The zero-order valence-corrected chi connectivity index (χ0v) is 13.8. The van der Waals surface area contributed by atoms with Crippen LogP contribution in [0.15, 0.2) is 36.4 Å². The summed E-state index contributed by atoms with van der Waals surface area (Å²) in [5, 5.41) is 0. The fourth-order valence-electron chi connectivity index (χ4n) is 2.19. The smallest absolute Gasteiger partial charge is 0.326 e. The van der Waals surface area contributed by atoms with Gasteiger partial charge in [-0.25, -0.2) is 0 Å². The molecule has 1 aliphatic rings. The van der Waals surface area contributed by atoms with E-state index in [0.29, 0.717) is 13.0 Å². The Hall–Kier alpha value is -2.14. The van der Waals surface area contributed by atoms with Crippen molar-refractivity contribution in [3.8, 4) is 0 Å². The quantitative estimate of drug-likeness (QED) is 0.598. The summed E-state index contributed by atoms with van der Waals surface area (Å²) in [6.07, 6.45) is 3.81. The van der Waals surface area contributed by atoms with Crippen LogP contribution in [-0.2, 0) is 19.1 Å². The summed E-state index contributed by atoms with van der Waals surface area (Å²) < 4.78 is 10.8. The summed E-state index contributed by atoms with van der Waals surface area (Å²) in [6.45, 7) is 5.71. The zero-order chi connectivity index (χ0) is 16.9. The number of ether oxygens (including phenoxy) is 2. The predicted octanol–water partition coefficient (Wildman–Crippen LogP) is 2.62. The first kappa shape index (κ1) is 17.2. The number of esters is 1. The lowest BCUT2D eigenvalue weighted by molar-refractivity contribution is -0.182. The molecule has 1 heterocycles. The first-order chi connectivity index (χ1) is 10.8. The molecule has 0 aromatic heterocycles. The Bertz CT molecular complexity index is 574. The van der Waals surface area contributed by atoms with E-state index in [9.17, 15) is 9.59 Å². The molecule has 1 aromatic rings. The first-order valence-electron chi connectivity index (χ1n) is 7.70. The summed E-state index contributed by atoms with van der Waals surface area (Å²) in [6, 6.07) is 9.89. The second kappa shape index (κ2) is 7.42. The van der Waals surface area contributed by atoms with E-state index < -0.39 is 11.6 Å². The van der Waals surface area contributed by atoms with Crippen molar-refractivity contribution in [1.82, 2.24) is 4.90 Å². The normalized spacial score (nSPS) is 18.1. The molecule has 0 N–H and O–H groups in total. The second-order valence-corrected chi connectivity index (χ2v) is 6.41. The molecule has 1 atom stereocenters. The van der Waals surface area contributed by atoms with Crippen LogP contribution in [0.5, 0.6) is 0 Å². The molecule has 1 unspecified atom stereocenters. The van der Waals surface area contributed by atoms with Gasteiger partial charge in [-0.1, -0.05) is 42.5 Å². The molecular weight excluding hydrogens is 294 g/mol. The second-order valence-electron chi connectivity index (χ2n) is 6.41. The van der Waals surface area contributed by atoms with E-state index in [1.54, 1.807) is 20.8 Å². The summed E-state index contributed by atoms with van der Waals surface area (Å²) in [5.74, 6) is -0.508. The SMILES string of the molecule is CC(C)(C)OC(=O)CN1C(=O)CC1OC/C=C/c1ccccc1. The van der Waals surface area contributed by atoms with Gasteiger partial charge in [0.25, 0.3) is 0 Å². The van der Waals surface area contributed by atoms with E-state index in [1.165, 1.54) is 4.90 Å². The maximum atomic E-state index is 11.8. The molecule has 124 valence electrons. The number of β-lactam (4-membered cyclic amide) rings is 1. The number of rotatable bonds is 6. The number of likely N-dealkylation sites (tertiary alicyclic amines) is 1. The lowest BCUT2D eigenvalue weighted by atomic mass is 10.1. The zero-order valence-electron chi connectivity index (χ0n) is 13.8. The van der Waals surface area contributed by atoms with Gasteiger partial charge in [-0.3, -0.25) is 9.59 Å². The van der Waals surface area contributed by atoms with Crippen LogP contribution in [-0.4, -0.2) is 41.8 Å². The summed E-state index contributed by atoms with van der Waals surface area (Å²) in [5.41, 5.74) is 0.533. The van der Waals surface area contributed by atoms with E-state index in [2.05, 4.69) is 0 Å². The van der Waals surface area contributed by atoms with Gasteiger partial charge in [0.1, 0.15) is 18.4 Å². The van der Waals surface area contributed by atoms with Crippen LogP contribution in [0.3, 0.4) is 0 Å². The maximum absolute atomic E-state index is 11.8. The van der Waals surface area contributed by atoms with Gasteiger partial charge in [-0.05, 0) is 26.3 Å². The lowest BCUT2D eigenvalue weighted by Gasteiger charge is -2.39. The van der Waals surface area contributed by atoms with Gasteiger partial charge in [0, 0.05) is 0 Å². The van der Waals surface area contributed by atoms with Gasteiger partial charge in [-0.2, -0.15) is 0 Å². The Morgan fingerprint density at radius 1 is 1.30 bits per heavy atom. The van der Waals surface area contributed by atoms with Crippen LogP contribution in [0.2, 0.25) is 0 Å². The highest BCUT2D eigenvalue weighted by atomic mass is 16.6. The van der Waals surface area contributed by atoms with Crippen LogP contribution in [0.1, 0.15) is 32.8 Å². The average molecular weight is 317 g/mol. The molecular formula is C18H23NO4. The van der Waals surface area contributed by atoms with E-state index in [-0.39, 0.29) is 18.7 Å². The molecule has 1 saturated heterocycles. The van der Waals surface area contributed by atoms with Crippen LogP contribution in [0, 0.1) is 0 Å². The van der Waals surface area contributed by atoms with Gasteiger partial charge < -0.3 is 14.4 Å². The highest BCUT2D eigenvalue weighted by Crippen LogP contribution is 2.21. The molecule has 0 spiro atoms. The lowest BCUT2D eigenvalue weighted by Crippen LogP contribution is -2.56. The van der Waals surface area contributed by atoms with E-state index in [4.69, 9.17) is 9.47 Å². The van der Waals surface area contributed by atoms with Crippen molar-refractivity contribution in [3.63, 3.8) is 0 Å². The third-order valence-corrected chi connectivity index (χ3v) is 3.23.